The first-order chi connectivity index (χ1) is 21.1. The summed E-state index contributed by atoms with van der Waals surface area (Å²) in [7, 11) is 0. The van der Waals surface area contributed by atoms with Crippen LogP contribution in [0.25, 0.3) is 0 Å². The van der Waals surface area contributed by atoms with E-state index in [4.69, 9.17) is 5.73 Å². The third-order valence-electron chi connectivity index (χ3n) is 11.0. The van der Waals surface area contributed by atoms with Crippen LogP contribution in [0.4, 0.5) is 0 Å². The van der Waals surface area contributed by atoms with Gasteiger partial charge in [-0.05, 0) is 110 Å². The van der Waals surface area contributed by atoms with Gasteiger partial charge in [0.1, 0.15) is 0 Å². The van der Waals surface area contributed by atoms with Gasteiger partial charge < -0.3 is 11.1 Å². The predicted molar refractivity (Wildman–Crippen MR) is 184 cm³/mol. The van der Waals surface area contributed by atoms with Crippen molar-refractivity contribution in [3.63, 3.8) is 0 Å². The molecule has 3 nitrogen and oxygen atoms in total. The normalized spacial score (nSPS) is 35.1. The molecular weight excluding hydrogens is 522 g/mol. The van der Waals surface area contributed by atoms with Crippen molar-refractivity contribution in [1.82, 2.24) is 5.32 Å². The lowest BCUT2D eigenvalue weighted by atomic mass is 9.70. The molecule has 226 valence electrons. The lowest BCUT2D eigenvalue weighted by Crippen LogP contribution is -2.40. The van der Waals surface area contributed by atoms with Gasteiger partial charge in [0.25, 0.3) is 0 Å². The van der Waals surface area contributed by atoms with Gasteiger partial charge in [0.2, 0.25) is 0 Å². The molecule has 0 aromatic carbocycles. The highest BCUT2D eigenvalue weighted by Gasteiger charge is 2.33. The fourth-order valence-electron chi connectivity index (χ4n) is 8.32. The van der Waals surface area contributed by atoms with Crippen molar-refractivity contribution in [2.75, 3.05) is 13.1 Å². The first kappa shape index (κ1) is 30.0. The molecule has 1 aliphatic heterocycles. The van der Waals surface area contributed by atoms with Crippen LogP contribution < -0.4 is 11.1 Å². The Kier molecular flexibility index (Phi) is 9.91. The number of rotatable bonds is 10. The smallest absolute Gasteiger partial charge is 0.0321 e. The summed E-state index contributed by atoms with van der Waals surface area (Å²) < 4.78 is 0. The van der Waals surface area contributed by atoms with Crippen molar-refractivity contribution in [2.24, 2.45) is 52.2 Å². The summed E-state index contributed by atoms with van der Waals surface area (Å²) in [6.07, 6.45) is 44.6. The third kappa shape index (κ3) is 6.89. The van der Waals surface area contributed by atoms with E-state index in [0.717, 1.165) is 31.7 Å². The third-order valence-corrected chi connectivity index (χ3v) is 11.0. The Bertz CT molecular complexity index is 1340. The molecule has 0 amide bonds. The van der Waals surface area contributed by atoms with Crippen molar-refractivity contribution in [2.45, 2.75) is 64.3 Å². The minimum Gasteiger partial charge on any atom is -0.327 e. The van der Waals surface area contributed by atoms with Gasteiger partial charge in [-0.25, -0.2) is 0 Å². The minimum atomic E-state index is 0.438. The van der Waals surface area contributed by atoms with Crippen LogP contribution in [0.5, 0.6) is 0 Å². The second kappa shape index (κ2) is 14.2. The molecule has 5 aliphatic carbocycles. The number of fused-ring (bicyclic) bond motifs is 1. The molecule has 6 rings (SSSR count). The van der Waals surface area contributed by atoms with E-state index in [1.54, 1.807) is 11.1 Å². The SMILES string of the molecule is C=C/C=C(\CN)C1C=CC(/C(C)=C2\C=CCCC2C(CNC2C=CC3CCC=CC3C2)C2=C[C@H](C3=CN=C3)CC=C2)CC1. The highest BCUT2D eigenvalue weighted by molar-refractivity contribution is 5.85. The van der Waals surface area contributed by atoms with E-state index in [0.29, 0.717) is 48.1 Å². The van der Waals surface area contributed by atoms with Crippen LogP contribution in [0.1, 0.15) is 58.3 Å². The highest BCUT2D eigenvalue weighted by atomic mass is 14.9. The maximum Gasteiger partial charge on any atom is 0.0321 e. The van der Waals surface area contributed by atoms with Crippen LogP contribution in [-0.4, -0.2) is 25.3 Å². The second-order valence-corrected chi connectivity index (χ2v) is 13.5. The first-order valence-corrected chi connectivity index (χ1v) is 16.9. The minimum absolute atomic E-state index is 0.438. The molecule has 1 heterocycles. The van der Waals surface area contributed by atoms with Gasteiger partial charge in [0, 0.05) is 43.4 Å². The maximum absolute atomic E-state index is 6.08. The molecule has 0 saturated carbocycles. The van der Waals surface area contributed by atoms with Crippen molar-refractivity contribution in [3.8, 4) is 0 Å². The Balaban J connectivity index is 1.26. The topological polar surface area (TPSA) is 50.4 Å². The Morgan fingerprint density at radius 3 is 2.60 bits per heavy atom. The Hall–Kier alpha value is -3.01. The molecule has 8 atom stereocenters. The quantitative estimate of drug-likeness (QED) is 0.203. The van der Waals surface area contributed by atoms with Crippen molar-refractivity contribution >= 4 is 6.21 Å². The van der Waals surface area contributed by atoms with Gasteiger partial charge in [-0.1, -0.05) is 91.1 Å². The number of allylic oxidation sites excluding steroid dienone is 15. The molecule has 0 bridgehead atoms. The van der Waals surface area contributed by atoms with Crippen molar-refractivity contribution in [3.05, 3.63) is 120 Å². The summed E-state index contributed by atoms with van der Waals surface area (Å²) in [4.78, 5) is 4.28. The summed E-state index contributed by atoms with van der Waals surface area (Å²) >= 11 is 0. The number of nitrogens with zero attached hydrogens (tertiary/aromatic N) is 1. The second-order valence-electron chi connectivity index (χ2n) is 13.5. The highest BCUT2D eigenvalue weighted by Crippen LogP contribution is 2.42. The Morgan fingerprint density at radius 1 is 1.00 bits per heavy atom. The molecule has 0 saturated heterocycles. The zero-order chi connectivity index (χ0) is 29.6. The van der Waals surface area contributed by atoms with Gasteiger partial charge in [0.05, 0.1) is 0 Å². The number of nitrogens with two attached hydrogens (primary N) is 1. The van der Waals surface area contributed by atoms with Gasteiger partial charge in [-0.15, -0.1) is 0 Å². The molecule has 6 aliphatic rings. The van der Waals surface area contributed by atoms with E-state index in [9.17, 15) is 0 Å². The first-order valence-electron chi connectivity index (χ1n) is 16.9. The van der Waals surface area contributed by atoms with E-state index in [1.165, 1.54) is 48.8 Å². The molecule has 3 N–H and O–H groups in total. The molecule has 0 fully saturated rings. The lowest BCUT2D eigenvalue weighted by molar-refractivity contribution is 0.323. The van der Waals surface area contributed by atoms with Crippen LogP contribution in [0, 0.1) is 41.4 Å². The molecule has 43 heavy (non-hydrogen) atoms. The molecule has 3 heteroatoms. The van der Waals surface area contributed by atoms with Crippen LogP contribution >= 0.6 is 0 Å². The van der Waals surface area contributed by atoms with Crippen molar-refractivity contribution < 1.29 is 0 Å². The summed E-state index contributed by atoms with van der Waals surface area (Å²) in [5.74, 6) is 3.76. The summed E-state index contributed by atoms with van der Waals surface area (Å²) in [6.45, 7) is 7.91. The largest absolute Gasteiger partial charge is 0.327 e. The van der Waals surface area contributed by atoms with Crippen molar-refractivity contribution in [1.29, 1.82) is 0 Å². The average molecular weight is 574 g/mol. The van der Waals surface area contributed by atoms with E-state index in [2.05, 4.69) is 96.7 Å². The standard InChI is InChI=1S/C40H51N3/c1-3-9-35(24-41)31-18-16-29(17-19-31)28(2)38-14-6-7-15-39(38)40(34-13-8-12-32(22-34)36-25-42-26-36)27-43-37-21-20-30-10-4-5-11-33(30)23-37/h3,5-6,8-9,11,13-14,16,18,20-22,25-26,29-33,37,39-40,43H,1,4,7,10,12,15,17,19,23-24,27,41H2,2H3/b35-9+,38-28+/t29?,30?,31?,32-,33?,37?,39?,40?/m1/s1. The molecule has 0 radical (unpaired) electrons. The van der Waals surface area contributed by atoms with E-state index in [1.807, 2.05) is 18.5 Å². The fourth-order valence-corrected chi connectivity index (χ4v) is 8.32. The van der Waals surface area contributed by atoms with Crippen LogP contribution in [-0.2, 0) is 0 Å². The van der Waals surface area contributed by atoms with Crippen LogP contribution in [0.2, 0.25) is 0 Å². The van der Waals surface area contributed by atoms with Crippen LogP contribution in [0.15, 0.2) is 125 Å². The number of hydrogen-bond donors (Lipinski definition) is 2. The summed E-state index contributed by atoms with van der Waals surface area (Å²) in [5.41, 5.74) is 13.4. The molecule has 7 unspecified atom stereocenters. The van der Waals surface area contributed by atoms with Gasteiger partial charge in [-0.2, -0.15) is 0 Å². The average Bonchev–Trinajstić information content (AvgIpc) is 3.03. The zero-order valence-electron chi connectivity index (χ0n) is 26.1. The molecule has 0 aromatic heterocycles. The predicted octanol–water partition coefficient (Wildman–Crippen LogP) is 8.51. The monoisotopic (exact) mass is 573 g/mol. The van der Waals surface area contributed by atoms with Crippen LogP contribution in [0.3, 0.4) is 0 Å². The van der Waals surface area contributed by atoms with Gasteiger partial charge >= 0.3 is 0 Å². The molecule has 0 spiro atoms. The fraction of sp³-hybridized carbons (Fsp3) is 0.475. The van der Waals surface area contributed by atoms with E-state index < -0.39 is 0 Å². The molecule has 0 aromatic rings. The Morgan fingerprint density at radius 2 is 1.84 bits per heavy atom. The summed E-state index contributed by atoms with van der Waals surface area (Å²) in [5, 5.41) is 4.07. The number of aliphatic imine (C=N–C) groups is 1. The van der Waals surface area contributed by atoms with Gasteiger partial charge in [0.15, 0.2) is 0 Å². The van der Waals surface area contributed by atoms with E-state index >= 15 is 0 Å². The summed E-state index contributed by atoms with van der Waals surface area (Å²) in [6, 6.07) is 0.447. The molecular formula is C40H51N3. The number of nitrogens with one attached hydrogen (secondary N) is 1. The Labute approximate surface area is 260 Å². The number of hydrogen-bond acceptors (Lipinski definition) is 3. The van der Waals surface area contributed by atoms with E-state index in [-0.39, 0.29) is 0 Å². The lowest BCUT2D eigenvalue weighted by Gasteiger charge is -2.38. The van der Waals surface area contributed by atoms with Gasteiger partial charge in [-0.3, -0.25) is 4.99 Å². The zero-order valence-corrected chi connectivity index (χ0v) is 26.1. The maximum atomic E-state index is 6.08.